The summed E-state index contributed by atoms with van der Waals surface area (Å²) in [6.45, 7) is 12.6. The molecule has 0 saturated heterocycles. The van der Waals surface area contributed by atoms with Crippen molar-refractivity contribution in [3.8, 4) is 11.4 Å². The second-order valence-corrected chi connectivity index (χ2v) is 7.68. The Balaban J connectivity index is 2.75. The number of nitrogens with zero attached hydrogens (tertiary/aromatic N) is 2. The highest BCUT2D eigenvalue weighted by Crippen LogP contribution is 2.35. The van der Waals surface area contributed by atoms with Gasteiger partial charge in [-0.1, -0.05) is 50.1 Å². The number of benzene rings is 1. The van der Waals surface area contributed by atoms with Crippen LogP contribution in [0, 0.1) is 20.8 Å². The van der Waals surface area contributed by atoms with Gasteiger partial charge in [-0.25, -0.2) is 9.97 Å². The summed E-state index contributed by atoms with van der Waals surface area (Å²) in [5.74, 6) is 0.697. The summed E-state index contributed by atoms with van der Waals surface area (Å²) < 4.78 is 0.780. The van der Waals surface area contributed by atoms with Crippen molar-refractivity contribution in [1.82, 2.24) is 9.97 Å². The summed E-state index contributed by atoms with van der Waals surface area (Å²) in [7, 11) is 0. The van der Waals surface area contributed by atoms with Gasteiger partial charge in [0.15, 0.2) is 5.82 Å². The van der Waals surface area contributed by atoms with Gasteiger partial charge < -0.3 is 0 Å². The maximum atomic E-state index is 6.31. The average molecular weight is 368 g/mol. The van der Waals surface area contributed by atoms with E-state index in [1.807, 2.05) is 0 Å². The molecule has 0 radical (unpaired) electrons. The van der Waals surface area contributed by atoms with Crippen molar-refractivity contribution in [3.63, 3.8) is 0 Å². The van der Waals surface area contributed by atoms with Crippen LogP contribution in [0.2, 0.25) is 5.15 Å². The van der Waals surface area contributed by atoms with Crippen LogP contribution in [0.15, 0.2) is 16.6 Å². The van der Waals surface area contributed by atoms with Gasteiger partial charge in [-0.05, 0) is 47.8 Å². The lowest BCUT2D eigenvalue weighted by molar-refractivity contribution is 0.564. The number of halogens is 2. The highest BCUT2D eigenvalue weighted by atomic mass is 79.9. The molecule has 0 unspecified atom stereocenters. The van der Waals surface area contributed by atoms with Crippen LogP contribution < -0.4 is 0 Å². The summed E-state index contributed by atoms with van der Waals surface area (Å²) in [5.41, 5.74) is 5.48. The Morgan fingerprint density at radius 3 is 2.00 bits per heavy atom. The van der Waals surface area contributed by atoms with E-state index >= 15 is 0 Å². The van der Waals surface area contributed by atoms with Crippen molar-refractivity contribution in [2.45, 2.75) is 47.0 Å². The quantitative estimate of drug-likeness (QED) is 0.597. The Labute approximate surface area is 140 Å². The zero-order valence-electron chi connectivity index (χ0n) is 13.3. The molecular weight excluding hydrogens is 348 g/mol. The smallest absolute Gasteiger partial charge is 0.161 e. The number of hydrogen-bond acceptors (Lipinski definition) is 2. The molecule has 0 amide bonds. The SMILES string of the molecule is Cc1cc(C)c(-c2nc(Cl)c(Br)c(C(C)(C)C)n2)c(C)c1. The fraction of sp³-hybridized carbons (Fsp3) is 0.412. The molecule has 0 spiro atoms. The van der Waals surface area contributed by atoms with Crippen LogP contribution in [0.5, 0.6) is 0 Å². The molecule has 1 aromatic heterocycles. The maximum Gasteiger partial charge on any atom is 0.161 e. The van der Waals surface area contributed by atoms with E-state index in [2.05, 4.69) is 74.6 Å². The van der Waals surface area contributed by atoms with E-state index in [-0.39, 0.29) is 5.41 Å². The van der Waals surface area contributed by atoms with Crippen LogP contribution >= 0.6 is 27.5 Å². The minimum Gasteiger partial charge on any atom is -0.231 e. The molecule has 0 N–H and O–H groups in total. The fourth-order valence-corrected chi connectivity index (χ4v) is 3.50. The molecule has 0 atom stereocenters. The largest absolute Gasteiger partial charge is 0.231 e. The lowest BCUT2D eigenvalue weighted by Gasteiger charge is -2.21. The summed E-state index contributed by atoms with van der Waals surface area (Å²) in [5, 5.41) is 0.462. The Hall–Kier alpha value is -0.930. The summed E-state index contributed by atoms with van der Waals surface area (Å²) in [4.78, 5) is 9.26. The maximum absolute atomic E-state index is 6.31. The standard InChI is InChI=1S/C17H20BrClN2/c1-9-7-10(2)12(11(3)8-9)16-20-14(17(4,5)6)13(18)15(19)21-16/h7-8H,1-6H3. The third-order valence-corrected chi connectivity index (χ3v) is 4.67. The third kappa shape index (κ3) is 3.29. The molecule has 1 heterocycles. The Kier molecular flexibility index (Phi) is 4.46. The van der Waals surface area contributed by atoms with Crippen LogP contribution in [0.1, 0.15) is 43.2 Å². The molecule has 0 aliphatic heterocycles. The first-order chi connectivity index (χ1) is 9.61. The molecule has 0 aliphatic rings. The summed E-state index contributed by atoms with van der Waals surface area (Å²) in [6.07, 6.45) is 0. The first kappa shape index (κ1) is 16.4. The van der Waals surface area contributed by atoms with Crippen molar-refractivity contribution in [2.24, 2.45) is 0 Å². The van der Waals surface area contributed by atoms with E-state index in [0.29, 0.717) is 11.0 Å². The molecule has 21 heavy (non-hydrogen) atoms. The first-order valence-electron chi connectivity index (χ1n) is 6.93. The first-order valence-corrected chi connectivity index (χ1v) is 8.10. The van der Waals surface area contributed by atoms with Gasteiger partial charge in [-0.2, -0.15) is 0 Å². The zero-order chi connectivity index (χ0) is 15.9. The number of aryl methyl sites for hydroxylation is 3. The predicted octanol–water partition coefficient (Wildman–Crippen LogP) is 5.78. The lowest BCUT2D eigenvalue weighted by Crippen LogP contribution is -2.16. The molecule has 0 fully saturated rings. The second-order valence-electron chi connectivity index (χ2n) is 6.52. The van der Waals surface area contributed by atoms with Crippen LogP contribution in [0.3, 0.4) is 0 Å². The van der Waals surface area contributed by atoms with Gasteiger partial charge in [0.05, 0.1) is 10.2 Å². The second kappa shape index (κ2) is 5.69. The number of hydrogen-bond donors (Lipinski definition) is 0. The van der Waals surface area contributed by atoms with Gasteiger partial charge in [0, 0.05) is 11.0 Å². The predicted molar refractivity (Wildman–Crippen MR) is 93.1 cm³/mol. The Morgan fingerprint density at radius 1 is 1.00 bits per heavy atom. The fourth-order valence-electron chi connectivity index (χ4n) is 2.56. The molecule has 112 valence electrons. The summed E-state index contributed by atoms with van der Waals surface area (Å²) in [6, 6.07) is 4.30. The van der Waals surface area contributed by atoms with E-state index in [1.54, 1.807) is 0 Å². The van der Waals surface area contributed by atoms with Crippen LogP contribution in [0.4, 0.5) is 0 Å². The third-order valence-electron chi connectivity index (χ3n) is 3.42. The Bertz CT molecular complexity index is 680. The highest BCUT2D eigenvalue weighted by molar-refractivity contribution is 9.10. The van der Waals surface area contributed by atoms with Gasteiger partial charge in [-0.3, -0.25) is 0 Å². The highest BCUT2D eigenvalue weighted by Gasteiger charge is 2.23. The van der Waals surface area contributed by atoms with Crippen molar-refractivity contribution in [1.29, 1.82) is 0 Å². The number of aromatic nitrogens is 2. The van der Waals surface area contributed by atoms with Gasteiger partial charge in [0.2, 0.25) is 0 Å². The van der Waals surface area contributed by atoms with Crippen molar-refractivity contribution < 1.29 is 0 Å². The molecule has 0 bridgehead atoms. The molecule has 2 aromatic rings. The molecule has 1 aromatic carbocycles. The van der Waals surface area contributed by atoms with E-state index in [4.69, 9.17) is 16.6 Å². The van der Waals surface area contributed by atoms with Gasteiger partial charge in [0.25, 0.3) is 0 Å². The zero-order valence-corrected chi connectivity index (χ0v) is 15.6. The van der Waals surface area contributed by atoms with Gasteiger partial charge in [0.1, 0.15) is 5.15 Å². The molecule has 0 saturated carbocycles. The number of rotatable bonds is 1. The molecule has 4 heteroatoms. The van der Waals surface area contributed by atoms with Gasteiger partial charge in [-0.15, -0.1) is 0 Å². The van der Waals surface area contributed by atoms with E-state index in [0.717, 1.165) is 15.7 Å². The van der Waals surface area contributed by atoms with Crippen LogP contribution in [0.25, 0.3) is 11.4 Å². The molecule has 0 aliphatic carbocycles. The monoisotopic (exact) mass is 366 g/mol. The van der Waals surface area contributed by atoms with Crippen LogP contribution in [-0.4, -0.2) is 9.97 Å². The van der Waals surface area contributed by atoms with E-state index in [1.165, 1.54) is 16.7 Å². The topological polar surface area (TPSA) is 25.8 Å². The van der Waals surface area contributed by atoms with Crippen molar-refractivity contribution >= 4 is 27.5 Å². The molecular formula is C17H20BrClN2. The normalized spacial score (nSPS) is 11.8. The molecule has 2 nitrogen and oxygen atoms in total. The minimum absolute atomic E-state index is 0.104. The van der Waals surface area contributed by atoms with E-state index < -0.39 is 0 Å². The lowest BCUT2D eigenvalue weighted by atomic mass is 9.91. The van der Waals surface area contributed by atoms with Crippen molar-refractivity contribution in [2.75, 3.05) is 0 Å². The van der Waals surface area contributed by atoms with Crippen molar-refractivity contribution in [3.05, 3.63) is 44.1 Å². The molecule has 2 rings (SSSR count). The summed E-state index contributed by atoms with van der Waals surface area (Å²) >= 11 is 9.83. The van der Waals surface area contributed by atoms with Crippen LogP contribution in [-0.2, 0) is 5.41 Å². The minimum atomic E-state index is -0.104. The average Bonchev–Trinajstić information content (AvgIpc) is 2.30. The van der Waals surface area contributed by atoms with E-state index in [9.17, 15) is 0 Å². The van der Waals surface area contributed by atoms with Gasteiger partial charge >= 0.3 is 0 Å². The Morgan fingerprint density at radius 2 is 1.52 bits per heavy atom.